The van der Waals surface area contributed by atoms with E-state index in [1.807, 2.05) is 6.92 Å². The number of aliphatic hydroxyl groups is 10. The number of H-pyrrole nitrogens is 2. The number of aliphatic hydroxyl groups excluding tert-OH is 8. The molecule has 0 radical (unpaired) electrons. The molecule has 10 rings (SSSR count). The second-order valence-corrected chi connectivity index (χ2v) is 56.2. The topological polar surface area (TPSA) is 455 Å². The molecule has 20 atom stereocenters. The molecule has 2 aromatic rings. The van der Waals surface area contributed by atoms with Crippen molar-refractivity contribution in [2.75, 3.05) is 97.5 Å². The average Bonchev–Trinajstić information content (AvgIpc) is 1.35. The van der Waals surface area contributed by atoms with Crippen LogP contribution < -0.4 is 38.4 Å². The van der Waals surface area contributed by atoms with E-state index < -0.39 is 178 Å². The van der Waals surface area contributed by atoms with Crippen LogP contribution in [0.1, 0.15) is 96.2 Å². The first kappa shape index (κ1) is 98.1. The smallest absolute Gasteiger partial charge is 0.330 e. The van der Waals surface area contributed by atoms with Crippen LogP contribution in [0.3, 0.4) is 0 Å². The zero-order chi connectivity index (χ0) is 87.0. The zero-order valence-electron chi connectivity index (χ0n) is 69.1. The highest BCUT2D eigenvalue weighted by Crippen LogP contribution is 2.47. The molecule has 8 aliphatic heterocycles. The van der Waals surface area contributed by atoms with Crippen LogP contribution >= 0.6 is 34.4 Å². The predicted molar refractivity (Wildman–Crippen MR) is 465 cm³/mol. The first-order valence-electron chi connectivity index (χ1n) is 38.1. The molecule has 0 aliphatic carbocycles. The van der Waals surface area contributed by atoms with Crippen LogP contribution in [0.25, 0.3) is 0 Å². The third kappa shape index (κ3) is 26.6. The van der Waals surface area contributed by atoms with Crippen molar-refractivity contribution < 1.29 is 89.1 Å². The Morgan fingerprint density at radius 3 is 1.10 bits per heavy atom. The van der Waals surface area contributed by atoms with E-state index in [4.69, 9.17) is 23.7 Å². The molecule has 2 aromatic heterocycles. The summed E-state index contributed by atoms with van der Waals surface area (Å²) in [5, 5.41) is 112. The minimum Gasteiger partial charge on any atom is -0.388 e. The highest BCUT2D eigenvalue weighted by Gasteiger charge is 2.57. The van der Waals surface area contributed by atoms with Gasteiger partial charge in [-0.3, -0.25) is 43.1 Å². The van der Waals surface area contributed by atoms with Crippen molar-refractivity contribution in [3.05, 3.63) is 152 Å². The third-order valence-corrected chi connectivity index (χ3v) is 27.9. The molecule has 648 valence electrons. The van der Waals surface area contributed by atoms with Crippen molar-refractivity contribution in [1.82, 2.24) is 49.8 Å². The highest BCUT2D eigenvalue weighted by molar-refractivity contribution is 7.73. The number of carbonyl (C=O) groups is 3. The largest absolute Gasteiger partial charge is 0.388 e. The Hall–Kier alpha value is -5.75. The average molecular weight is 1710 g/mol. The third-order valence-electron chi connectivity index (χ3n) is 20.5. The van der Waals surface area contributed by atoms with Gasteiger partial charge in [-0.15, -0.1) is 72.5 Å². The summed E-state index contributed by atoms with van der Waals surface area (Å²) in [6.07, 6.45) is 28.0. The number of aromatic nitrogens is 4. The second kappa shape index (κ2) is 39.6. The molecule has 0 aromatic carbocycles. The zero-order valence-corrected chi connectivity index (χ0v) is 73.6. The van der Waals surface area contributed by atoms with Gasteiger partial charge in [-0.05, 0) is 170 Å². The van der Waals surface area contributed by atoms with Gasteiger partial charge in [-0.2, -0.15) is 0 Å². The summed E-state index contributed by atoms with van der Waals surface area (Å²) in [7, 11) is 0. The molecule has 37 heteroatoms. The first-order chi connectivity index (χ1) is 52.8. The summed E-state index contributed by atoms with van der Waals surface area (Å²) < 4.78 is 31.6. The summed E-state index contributed by atoms with van der Waals surface area (Å²) >= 11 is 0. The maximum Gasteiger partial charge on any atom is 0.330 e. The Morgan fingerprint density at radius 2 is 0.783 bits per heavy atom. The van der Waals surface area contributed by atoms with E-state index in [1.165, 1.54) is 82.3 Å². The van der Waals surface area contributed by atoms with Crippen LogP contribution in [0.5, 0.6) is 0 Å². The van der Waals surface area contributed by atoms with Crippen LogP contribution in [0.15, 0.2) is 118 Å². The van der Waals surface area contributed by atoms with Gasteiger partial charge >= 0.3 is 11.4 Å². The molecule has 10 heterocycles. The molecule has 5 fully saturated rings. The molecule has 0 unspecified atom stereocenters. The molecular formula is C78H129N10O22P5. The minimum absolute atomic E-state index is 0.277. The molecule has 3 amide bonds. The number of rotatable bonds is 25. The van der Waals surface area contributed by atoms with Gasteiger partial charge in [-0.25, -0.2) is 9.59 Å². The molecule has 8 aliphatic rings. The van der Waals surface area contributed by atoms with Crippen LogP contribution in [-0.4, -0.2) is 340 Å². The van der Waals surface area contributed by atoms with E-state index in [9.17, 15) is 84.6 Å². The van der Waals surface area contributed by atoms with E-state index in [0.29, 0.717) is 80.0 Å². The molecule has 115 heavy (non-hydrogen) atoms. The van der Waals surface area contributed by atoms with Crippen molar-refractivity contribution in [1.29, 1.82) is 0 Å². The number of nitrogens with one attached hydrogen (secondary N) is 5. The van der Waals surface area contributed by atoms with E-state index in [2.05, 4.69) is 150 Å². The molecule has 5 saturated heterocycles. The molecule has 0 spiro atoms. The molecular weight excluding hydrogens is 1580 g/mol. The van der Waals surface area contributed by atoms with Gasteiger partial charge in [0.25, 0.3) is 28.8 Å². The maximum atomic E-state index is 12.1. The number of nitrogens with zero attached hydrogens (tertiary/aromatic N) is 5. The van der Waals surface area contributed by atoms with E-state index >= 15 is 0 Å². The van der Waals surface area contributed by atoms with Crippen molar-refractivity contribution in [3.8, 4) is 0 Å². The van der Waals surface area contributed by atoms with Gasteiger partial charge in [0, 0.05) is 60.3 Å². The minimum atomic E-state index is -1.47. The Balaban J connectivity index is 0.000000224. The fourth-order valence-electron chi connectivity index (χ4n) is 13.6. The lowest BCUT2D eigenvalue weighted by molar-refractivity contribution is -0.124. The van der Waals surface area contributed by atoms with Crippen molar-refractivity contribution in [2.45, 2.75) is 207 Å². The Bertz CT molecular complexity index is 4350. The SMILES string of the molecule is C=C1NC(=O)C=CN1[C@@H]1O[C@H](CCP(=C)(C)C)[C@@H](O)[C@@]1(C)O.C=C1NC(=O)C=CN1[C@@H]1O[C@H](CCP(=C)(C)C)[C@@H](O)[C@]1(C)O.C=C1NC(=O)C=CN1[C@@H]1O[C@](C)(CCP(=C)(C)C)[C@@H](O)[C@H]1O.C=CCCc1cn([C@@H]2O[C@H](CCP(=C)(C)C)[C@@H](O)[C@H]2O)c(=O)[nH]c1=O.C=P(C)(C)CC[C@H]1O[C@@H](n2cc(CCC)c(=O)[nH]c2=O)[C@H](O)[C@@H]1O. The summed E-state index contributed by atoms with van der Waals surface area (Å²) in [4.78, 5) is 90.9. The highest BCUT2D eigenvalue weighted by atomic mass is 31.2. The summed E-state index contributed by atoms with van der Waals surface area (Å²) in [5.74, 6) is 0.115. The lowest BCUT2D eigenvalue weighted by atomic mass is 9.94. The number of carbonyl (C=O) groups excluding carboxylic acids is 3. The lowest BCUT2D eigenvalue weighted by Gasteiger charge is -2.37. The summed E-state index contributed by atoms with van der Waals surface area (Å²) in [6, 6.07) is 0. The molecule has 32 nitrogen and oxygen atoms in total. The normalized spacial score (nSPS) is 32.1. The van der Waals surface area contributed by atoms with E-state index in [1.54, 1.807) is 13.0 Å². The number of ether oxygens (including phenoxy) is 5. The van der Waals surface area contributed by atoms with Crippen molar-refractivity contribution >= 4 is 83.6 Å². The van der Waals surface area contributed by atoms with Gasteiger partial charge in [0.1, 0.15) is 77.5 Å². The number of hydrogen-bond acceptors (Lipinski definition) is 25. The van der Waals surface area contributed by atoms with Gasteiger partial charge in [-0.1, -0.05) is 39.2 Å². The monoisotopic (exact) mass is 1710 g/mol. The number of hydrogen-bond donors (Lipinski definition) is 15. The van der Waals surface area contributed by atoms with Crippen LogP contribution in [0, 0.1) is 0 Å². The molecule has 15 N–H and O–H groups in total. The fourth-order valence-corrected chi connectivity index (χ4v) is 18.4. The molecule has 0 saturated carbocycles. The van der Waals surface area contributed by atoms with E-state index in [-0.39, 0.29) is 17.7 Å². The van der Waals surface area contributed by atoms with Crippen molar-refractivity contribution in [2.24, 2.45) is 0 Å². The molecule has 0 bridgehead atoms. The summed E-state index contributed by atoms with van der Waals surface area (Å²) in [6.45, 7) is 36.4. The standard InChI is InChI=1S/C17H27N2O5P.C16H27N2O5P.3C15H25N2O4P/c1-5-6-7-11-10-19(17(23)18-15(11)22)16-14(21)13(20)12(24-16)8-9-25(2,3)4;1-5-6-10-9-18(16(22)17-14(10)21)15-13(20)12(19)11(23-15)7-8-24(2,3)4;2*1-10-16-12(18)6-8-17(10)14-15(2,20)13(19)11(21-14)7-9-22(3,4)5;1-10-16-11(18)6-8-17(10)14-12(19)13(20)15(2,21-14)7-9-22(3,4)5/h5,10,12-14,16,20-21H,1-2,6-9H2,3-4H3,(H,18,22,23);9,11-13,15,19-20H,2,5-8H2,1,3-4H3,(H,17,21,22);2*6,8,11,13-14,19-20H,1,3,7,9H2,2,4-5H3,(H,16,18);6,8,12-14,19-20H,1,3,7,9H2,2,4-5H3,(H,16,18)/t12-,13-,14-,16-;11-,12-,13-,15-;11-,13-,14-,15+;11-,13-,14-,15-;12-,13+,14-,15-/m11111/s1. The summed E-state index contributed by atoms with van der Waals surface area (Å²) in [5.41, 5.74) is -5.14. The fraction of sp³-hybridized carbons (Fsp3) is 0.615. The van der Waals surface area contributed by atoms with Gasteiger partial charge in [0.15, 0.2) is 31.1 Å². The predicted octanol–water partition coefficient (Wildman–Crippen LogP) is 1.60. The number of aromatic amines is 2. The van der Waals surface area contributed by atoms with Gasteiger partial charge in [0.05, 0.1) is 30.0 Å². The van der Waals surface area contributed by atoms with Gasteiger partial charge in [0.2, 0.25) is 0 Å². The van der Waals surface area contributed by atoms with Crippen molar-refractivity contribution in [3.63, 3.8) is 0 Å². The Labute approximate surface area is 675 Å². The Kier molecular flexibility index (Phi) is 33.8. The van der Waals surface area contributed by atoms with Crippen LogP contribution in [0.4, 0.5) is 0 Å². The number of amides is 3. The lowest BCUT2D eigenvalue weighted by Crippen LogP contribution is -2.53. The second-order valence-electron chi connectivity index (χ2n) is 34.6. The Morgan fingerprint density at radius 1 is 0.452 bits per heavy atom. The quantitative estimate of drug-likeness (QED) is 0.0496. The first-order valence-corrected chi connectivity index (χ1v) is 53.4. The van der Waals surface area contributed by atoms with Crippen LogP contribution in [0.2, 0.25) is 0 Å². The number of allylic oxidation sites excluding steroid dienone is 1. The maximum absolute atomic E-state index is 12.1. The van der Waals surface area contributed by atoms with Crippen LogP contribution in [-0.2, 0) is 50.9 Å². The number of aryl methyl sites for hydroxylation is 2. The van der Waals surface area contributed by atoms with E-state index in [0.717, 1.165) is 41.8 Å². The van der Waals surface area contributed by atoms with Gasteiger partial charge < -0.3 is 105 Å².